The van der Waals surface area contributed by atoms with E-state index in [1.807, 2.05) is 6.07 Å². The molecule has 1 aromatic heterocycles. The second-order valence-corrected chi connectivity index (χ2v) is 3.60. The second kappa shape index (κ2) is 3.58. The average Bonchev–Trinajstić information content (AvgIpc) is 2.94. The molecule has 0 saturated carbocycles. The van der Waals surface area contributed by atoms with Gasteiger partial charge in [0, 0.05) is 17.2 Å². The standard InChI is InChI=1S/C11H11N3O3/c1-15-8-3-10-9(16-5-17-10)2-6(8)7-4-13-14-11(7)12/h2-4H,5H2,1H3,(H3,12,13,14). The number of nitrogen functional groups attached to an aromatic ring is 1. The van der Waals surface area contributed by atoms with Crippen LogP contribution >= 0.6 is 0 Å². The van der Waals surface area contributed by atoms with Gasteiger partial charge in [-0.2, -0.15) is 5.10 Å². The largest absolute Gasteiger partial charge is 0.496 e. The lowest BCUT2D eigenvalue weighted by Crippen LogP contribution is -1.92. The van der Waals surface area contributed by atoms with Gasteiger partial charge in [0.1, 0.15) is 11.6 Å². The van der Waals surface area contributed by atoms with Crippen molar-refractivity contribution in [3.05, 3.63) is 18.3 Å². The number of hydrogen-bond acceptors (Lipinski definition) is 5. The molecule has 1 aromatic carbocycles. The minimum Gasteiger partial charge on any atom is -0.496 e. The van der Waals surface area contributed by atoms with Crippen molar-refractivity contribution in [2.75, 3.05) is 19.6 Å². The number of nitrogens with one attached hydrogen (secondary N) is 1. The van der Waals surface area contributed by atoms with E-state index in [4.69, 9.17) is 19.9 Å². The third kappa shape index (κ3) is 1.45. The molecule has 0 bridgehead atoms. The highest BCUT2D eigenvalue weighted by molar-refractivity contribution is 5.80. The third-order valence-corrected chi connectivity index (χ3v) is 2.65. The Kier molecular flexibility index (Phi) is 2.07. The highest BCUT2D eigenvalue weighted by Gasteiger charge is 2.20. The zero-order valence-corrected chi connectivity index (χ0v) is 9.19. The van der Waals surface area contributed by atoms with Crippen LogP contribution in [0.4, 0.5) is 5.82 Å². The predicted molar refractivity (Wildman–Crippen MR) is 61.1 cm³/mol. The maximum atomic E-state index is 5.80. The van der Waals surface area contributed by atoms with Crippen molar-refractivity contribution in [2.45, 2.75) is 0 Å². The minimum absolute atomic E-state index is 0.225. The molecule has 0 radical (unpaired) electrons. The Balaban J connectivity index is 2.19. The number of aromatic amines is 1. The molecule has 0 aliphatic carbocycles. The minimum atomic E-state index is 0.225. The first-order valence-corrected chi connectivity index (χ1v) is 5.06. The summed E-state index contributed by atoms with van der Waals surface area (Å²) in [6, 6.07) is 3.62. The average molecular weight is 233 g/mol. The molecule has 6 heteroatoms. The lowest BCUT2D eigenvalue weighted by atomic mass is 10.1. The van der Waals surface area contributed by atoms with E-state index in [1.165, 1.54) is 0 Å². The maximum absolute atomic E-state index is 5.80. The molecule has 3 N–H and O–H groups in total. The van der Waals surface area contributed by atoms with Crippen molar-refractivity contribution in [3.63, 3.8) is 0 Å². The van der Waals surface area contributed by atoms with Crippen LogP contribution in [0.15, 0.2) is 18.3 Å². The molecule has 0 fully saturated rings. The summed E-state index contributed by atoms with van der Waals surface area (Å²) in [6.45, 7) is 0.225. The maximum Gasteiger partial charge on any atom is 0.231 e. The van der Waals surface area contributed by atoms with Gasteiger partial charge in [-0.1, -0.05) is 0 Å². The summed E-state index contributed by atoms with van der Waals surface area (Å²) in [5.41, 5.74) is 7.40. The van der Waals surface area contributed by atoms with Crippen LogP contribution in [0.1, 0.15) is 0 Å². The lowest BCUT2D eigenvalue weighted by Gasteiger charge is -2.08. The Morgan fingerprint density at radius 1 is 1.29 bits per heavy atom. The first-order valence-electron chi connectivity index (χ1n) is 5.06. The van der Waals surface area contributed by atoms with Crippen LogP contribution in [0.5, 0.6) is 17.2 Å². The smallest absolute Gasteiger partial charge is 0.231 e. The van der Waals surface area contributed by atoms with E-state index >= 15 is 0 Å². The summed E-state index contributed by atoms with van der Waals surface area (Å²) in [6.07, 6.45) is 1.65. The van der Waals surface area contributed by atoms with Crippen molar-refractivity contribution in [1.29, 1.82) is 0 Å². The van der Waals surface area contributed by atoms with Gasteiger partial charge in [-0.05, 0) is 6.07 Å². The molecule has 88 valence electrons. The van der Waals surface area contributed by atoms with E-state index in [0.717, 1.165) is 11.1 Å². The van der Waals surface area contributed by atoms with E-state index in [2.05, 4.69) is 10.2 Å². The number of hydrogen-bond donors (Lipinski definition) is 2. The molecule has 0 unspecified atom stereocenters. The molecule has 0 saturated heterocycles. The van der Waals surface area contributed by atoms with Gasteiger partial charge in [-0.3, -0.25) is 5.10 Å². The van der Waals surface area contributed by atoms with Crippen LogP contribution in [0.25, 0.3) is 11.1 Å². The first-order chi connectivity index (χ1) is 8.29. The van der Waals surface area contributed by atoms with E-state index < -0.39 is 0 Å². The molecule has 6 nitrogen and oxygen atoms in total. The Morgan fingerprint density at radius 2 is 2.06 bits per heavy atom. The number of anilines is 1. The Bertz CT molecular complexity index is 565. The number of nitrogens with two attached hydrogens (primary N) is 1. The van der Waals surface area contributed by atoms with Gasteiger partial charge in [0.15, 0.2) is 11.5 Å². The summed E-state index contributed by atoms with van der Waals surface area (Å²) < 4.78 is 15.9. The van der Waals surface area contributed by atoms with Crippen LogP contribution in [-0.4, -0.2) is 24.1 Å². The second-order valence-electron chi connectivity index (χ2n) is 3.60. The molecular weight excluding hydrogens is 222 g/mol. The molecule has 1 aliphatic rings. The zero-order chi connectivity index (χ0) is 11.8. The van der Waals surface area contributed by atoms with Crippen molar-refractivity contribution in [3.8, 4) is 28.4 Å². The summed E-state index contributed by atoms with van der Waals surface area (Å²) in [7, 11) is 1.59. The predicted octanol–water partition coefficient (Wildman–Crippen LogP) is 1.40. The lowest BCUT2D eigenvalue weighted by molar-refractivity contribution is 0.174. The first kappa shape index (κ1) is 9.83. The van der Waals surface area contributed by atoms with Crippen LogP contribution in [0.2, 0.25) is 0 Å². The summed E-state index contributed by atoms with van der Waals surface area (Å²) >= 11 is 0. The number of fused-ring (bicyclic) bond motifs is 1. The van der Waals surface area contributed by atoms with E-state index in [-0.39, 0.29) is 6.79 Å². The quantitative estimate of drug-likeness (QED) is 0.819. The number of H-pyrrole nitrogens is 1. The number of ether oxygens (including phenoxy) is 3. The van der Waals surface area contributed by atoms with Gasteiger partial charge >= 0.3 is 0 Å². The van der Waals surface area contributed by atoms with Gasteiger partial charge in [0.25, 0.3) is 0 Å². The van der Waals surface area contributed by atoms with E-state index in [0.29, 0.717) is 23.1 Å². The highest BCUT2D eigenvalue weighted by atomic mass is 16.7. The van der Waals surface area contributed by atoms with Crippen molar-refractivity contribution < 1.29 is 14.2 Å². The van der Waals surface area contributed by atoms with Gasteiger partial charge in [-0.25, -0.2) is 0 Å². The molecule has 0 amide bonds. The van der Waals surface area contributed by atoms with Crippen molar-refractivity contribution in [2.24, 2.45) is 0 Å². The zero-order valence-electron chi connectivity index (χ0n) is 9.19. The molecule has 0 spiro atoms. The van der Waals surface area contributed by atoms with Gasteiger partial charge in [0.2, 0.25) is 6.79 Å². The molecule has 0 atom stereocenters. The number of methoxy groups -OCH3 is 1. The van der Waals surface area contributed by atoms with Crippen LogP contribution in [0, 0.1) is 0 Å². The number of rotatable bonds is 2. The monoisotopic (exact) mass is 233 g/mol. The SMILES string of the molecule is COc1cc2c(cc1-c1cn[nH]c1N)OCO2. The third-order valence-electron chi connectivity index (χ3n) is 2.65. The normalized spacial score (nSPS) is 12.8. The van der Waals surface area contributed by atoms with Crippen LogP contribution in [0.3, 0.4) is 0 Å². The van der Waals surface area contributed by atoms with E-state index in [1.54, 1.807) is 19.4 Å². The van der Waals surface area contributed by atoms with Gasteiger partial charge in [-0.15, -0.1) is 0 Å². The van der Waals surface area contributed by atoms with Gasteiger partial charge in [0.05, 0.1) is 13.3 Å². The topological polar surface area (TPSA) is 82.4 Å². The highest BCUT2D eigenvalue weighted by Crippen LogP contribution is 2.43. The van der Waals surface area contributed by atoms with Crippen molar-refractivity contribution in [1.82, 2.24) is 10.2 Å². The van der Waals surface area contributed by atoms with E-state index in [9.17, 15) is 0 Å². The summed E-state index contributed by atoms with van der Waals surface area (Å²) in [5, 5.41) is 6.58. The Hall–Kier alpha value is -2.37. The fourth-order valence-electron chi connectivity index (χ4n) is 1.81. The number of nitrogens with zero attached hydrogens (tertiary/aromatic N) is 1. The Labute approximate surface area is 97.3 Å². The molecule has 2 heterocycles. The molecular formula is C11H11N3O3. The summed E-state index contributed by atoms with van der Waals surface area (Å²) in [5.74, 6) is 2.51. The molecule has 3 rings (SSSR count). The molecule has 17 heavy (non-hydrogen) atoms. The fraction of sp³-hybridized carbons (Fsp3) is 0.182. The van der Waals surface area contributed by atoms with Crippen molar-refractivity contribution >= 4 is 5.82 Å². The molecule has 1 aliphatic heterocycles. The van der Waals surface area contributed by atoms with Crippen LogP contribution < -0.4 is 19.9 Å². The fourth-order valence-corrected chi connectivity index (χ4v) is 1.81. The number of aromatic nitrogens is 2. The van der Waals surface area contributed by atoms with Gasteiger partial charge < -0.3 is 19.9 Å². The number of benzene rings is 1. The van der Waals surface area contributed by atoms with Crippen LogP contribution in [-0.2, 0) is 0 Å². The Morgan fingerprint density at radius 3 is 2.71 bits per heavy atom. The molecule has 2 aromatic rings. The summed E-state index contributed by atoms with van der Waals surface area (Å²) in [4.78, 5) is 0.